The van der Waals surface area contributed by atoms with Gasteiger partial charge >= 0.3 is 0 Å². The van der Waals surface area contributed by atoms with Gasteiger partial charge in [-0.1, -0.05) is 17.7 Å². The second kappa shape index (κ2) is 5.68. The minimum Gasteiger partial charge on any atom is -0.381 e. The lowest BCUT2D eigenvalue weighted by atomic mass is 10.2. The second-order valence-electron chi connectivity index (χ2n) is 3.94. The van der Waals surface area contributed by atoms with Gasteiger partial charge in [0.25, 0.3) is 0 Å². The van der Waals surface area contributed by atoms with Crippen molar-refractivity contribution in [1.82, 2.24) is 0 Å². The van der Waals surface area contributed by atoms with Crippen LogP contribution in [-0.4, -0.2) is 0 Å². The molecule has 2 aromatic rings. The highest BCUT2D eigenvalue weighted by Crippen LogP contribution is 2.18. The van der Waals surface area contributed by atoms with E-state index in [-0.39, 0.29) is 10.6 Å². The fraction of sp³-hybridized carbons (Fsp3) is 0.0714. The highest BCUT2D eigenvalue weighted by atomic mass is 35.5. The van der Waals surface area contributed by atoms with E-state index in [0.717, 1.165) is 11.6 Å². The summed E-state index contributed by atoms with van der Waals surface area (Å²) in [7, 11) is 0. The van der Waals surface area contributed by atoms with Crippen LogP contribution in [0.1, 0.15) is 11.1 Å². The summed E-state index contributed by atoms with van der Waals surface area (Å²) in [5.41, 5.74) is 1.48. The number of hydrogen-bond donors (Lipinski definition) is 1. The highest BCUT2D eigenvalue weighted by Gasteiger charge is 2.03. The molecule has 0 fully saturated rings. The molecule has 96 valence electrons. The van der Waals surface area contributed by atoms with Crippen LogP contribution in [0, 0.1) is 23.0 Å². The number of halogens is 3. The van der Waals surface area contributed by atoms with Crippen molar-refractivity contribution in [3.8, 4) is 6.07 Å². The molecule has 0 saturated heterocycles. The fourth-order valence-electron chi connectivity index (χ4n) is 1.61. The van der Waals surface area contributed by atoms with Gasteiger partial charge in [-0.2, -0.15) is 5.26 Å². The second-order valence-corrected chi connectivity index (χ2v) is 4.35. The van der Waals surface area contributed by atoms with E-state index in [1.807, 2.05) is 6.07 Å². The maximum atomic E-state index is 13.2. The zero-order valence-electron chi connectivity index (χ0n) is 9.75. The number of benzene rings is 2. The Morgan fingerprint density at radius 1 is 1.16 bits per heavy atom. The molecule has 2 aromatic carbocycles. The first-order chi connectivity index (χ1) is 9.08. The molecule has 0 aliphatic heterocycles. The zero-order valence-corrected chi connectivity index (χ0v) is 10.5. The molecule has 0 aliphatic rings. The molecule has 0 atom stereocenters. The molecule has 0 heterocycles. The molecule has 2 nitrogen and oxygen atoms in total. The van der Waals surface area contributed by atoms with E-state index in [1.165, 1.54) is 24.3 Å². The van der Waals surface area contributed by atoms with Crippen molar-refractivity contribution >= 4 is 17.3 Å². The van der Waals surface area contributed by atoms with E-state index < -0.39 is 11.6 Å². The van der Waals surface area contributed by atoms with Gasteiger partial charge in [-0.05, 0) is 35.9 Å². The summed E-state index contributed by atoms with van der Waals surface area (Å²) in [4.78, 5) is 0. The van der Waals surface area contributed by atoms with Crippen LogP contribution in [0.2, 0.25) is 5.02 Å². The molecule has 0 unspecified atom stereocenters. The van der Waals surface area contributed by atoms with Crippen LogP contribution in [0.25, 0.3) is 0 Å². The van der Waals surface area contributed by atoms with Gasteiger partial charge in [0, 0.05) is 12.2 Å². The number of nitriles is 1. The Kier molecular flexibility index (Phi) is 3.98. The SMILES string of the molecule is N#Cc1cc(F)cc(NCc2ccc(F)c(Cl)c2)c1. The van der Waals surface area contributed by atoms with Gasteiger partial charge in [0.2, 0.25) is 0 Å². The largest absolute Gasteiger partial charge is 0.381 e. The Hall–Kier alpha value is -2.12. The Morgan fingerprint density at radius 2 is 1.95 bits per heavy atom. The van der Waals surface area contributed by atoms with E-state index in [9.17, 15) is 8.78 Å². The van der Waals surface area contributed by atoms with Gasteiger partial charge < -0.3 is 5.32 Å². The van der Waals surface area contributed by atoms with Crippen LogP contribution in [0.15, 0.2) is 36.4 Å². The van der Waals surface area contributed by atoms with Crippen LogP contribution in [0.5, 0.6) is 0 Å². The van der Waals surface area contributed by atoms with Crippen LogP contribution in [-0.2, 0) is 6.54 Å². The van der Waals surface area contributed by atoms with Crippen molar-refractivity contribution in [1.29, 1.82) is 5.26 Å². The van der Waals surface area contributed by atoms with Crippen LogP contribution < -0.4 is 5.32 Å². The molecular formula is C14H9ClF2N2. The van der Waals surface area contributed by atoms with Gasteiger partial charge in [0.05, 0.1) is 16.7 Å². The average molecular weight is 279 g/mol. The van der Waals surface area contributed by atoms with Crippen molar-refractivity contribution in [3.63, 3.8) is 0 Å². The lowest BCUT2D eigenvalue weighted by molar-refractivity contribution is 0.627. The number of hydrogen-bond acceptors (Lipinski definition) is 2. The van der Waals surface area contributed by atoms with Crippen LogP contribution in [0.3, 0.4) is 0 Å². The summed E-state index contributed by atoms with van der Waals surface area (Å²) in [6.45, 7) is 0.355. The molecule has 19 heavy (non-hydrogen) atoms. The van der Waals surface area contributed by atoms with E-state index in [4.69, 9.17) is 16.9 Å². The van der Waals surface area contributed by atoms with Crippen molar-refractivity contribution in [2.24, 2.45) is 0 Å². The Morgan fingerprint density at radius 3 is 2.63 bits per heavy atom. The summed E-state index contributed by atoms with van der Waals surface area (Å²) in [6, 6.07) is 10.2. The minimum atomic E-state index is -0.487. The Balaban J connectivity index is 2.12. The molecule has 0 spiro atoms. The summed E-state index contributed by atoms with van der Waals surface area (Å²) in [6.07, 6.45) is 0. The third-order valence-corrected chi connectivity index (χ3v) is 2.80. The Labute approximate surface area is 114 Å². The van der Waals surface area contributed by atoms with Gasteiger partial charge in [0.1, 0.15) is 11.6 Å². The van der Waals surface area contributed by atoms with Gasteiger partial charge in [0.15, 0.2) is 0 Å². The Bertz CT molecular complexity index is 650. The van der Waals surface area contributed by atoms with E-state index in [0.29, 0.717) is 12.2 Å². The molecular weight excluding hydrogens is 270 g/mol. The fourth-order valence-corrected chi connectivity index (χ4v) is 1.81. The average Bonchev–Trinajstić information content (AvgIpc) is 2.39. The van der Waals surface area contributed by atoms with Gasteiger partial charge in [-0.3, -0.25) is 0 Å². The molecule has 0 amide bonds. The monoisotopic (exact) mass is 278 g/mol. The smallest absolute Gasteiger partial charge is 0.141 e. The molecule has 2 rings (SSSR count). The quantitative estimate of drug-likeness (QED) is 0.917. The molecule has 0 saturated carbocycles. The van der Waals surface area contributed by atoms with E-state index >= 15 is 0 Å². The topological polar surface area (TPSA) is 35.8 Å². The minimum absolute atomic E-state index is 0.0382. The first-order valence-corrected chi connectivity index (χ1v) is 5.85. The van der Waals surface area contributed by atoms with Crippen molar-refractivity contribution in [3.05, 3.63) is 64.2 Å². The molecule has 0 aromatic heterocycles. The maximum absolute atomic E-state index is 13.2. The predicted octanol–water partition coefficient (Wildman–Crippen LogP) is 4.10. The van der Waals surface area contributed by atoms with Crippen molar-refractivity contribution in [2.45, 2.75) is 6.54 Å². The lowest BCUT2D eigenvalue weighted by Gasteiger charge is -2.07. The zero-order chi connectivity index (χ0) is 13.8. The third kappa shape index (κ3) is 3.43. The number of anilines is 1. The first-order valence-electron chi connectivity index (χ1n) is 5.47. The van der Waals surface area contributed by atoms with Crippen LogP contribution in [0.4, 0.5) is 14.5 Å². The summed E-state index contributed by atoms with van der Waals surface area (Å²) in [5.74, 6) is -0.971. The summed E-state index contributed by atoms with van der Waals surface area (Å²) in [5, 5.41) is 11.7. The predicted molar refractivity (Wildman–Crippen MR) is 69.9 cm³/mol. The standard InChI is InChI=1S/C14H9ClF2N2/c15-13-5-9(1-2-14(13)17)8-19-12-4-10(7-18)3-11(16)6-12/h1-6,19H,8H2. The summed E-state index contributed by atoms with van der Waals surface area (Å²) >= 11 is 5.66. The highest BCUT2D eigenvalue weighted by molar-refractivity contribution is 6.30. The van der Waals surface area contributed by atoms with Crippen molar-refractivity contribution in [2.75, 3.05) is 5.32 Å². The summed E-state index contributed by atoms with van der Waals surface area (Å²) < 4.78 is 26.2. The molecule has 0 radical (unpaired) electrons. The first kappa shape index (κ1) is 13.3. The number of rotatable bonds is 3. The molecule has 1 N–H and O–H groups in total. The molecule has 5 heteroatoms. The van der Waals surface area contributed by atoms with E-state index in [2.05, 4.69) is 5.32 Å². The number of nitrogens with one attached hydrogen (secondary N) is 1. The van der Waals surface area contributed by atoms with Gasteiger partial charge in [-0.25, -0.2) is 8.78 Å². The van der Waals surface area contributed by atoms with Crippen LogP contribution >= 0.6 is 11.6 Å². The third-order valence-electron chi connectivity index (χ3n) is 2.51. The van der Waals surface area contributed by atoms with Gasteiger partial charge in [-0.15, -0.1) is 0 Å². The molecule has 0 bridgehead atoms. The lowest BCUT2D eigenvalue weighted by Crippen LogP contribution is -2.00. The maximum Gasteiger partial charge on any atom is 0.141 e. The normalized spacial score (nSPS) is 10.0. The van der Waals surface area contributed by atoms with Crippen molar-refractivity contribution < 1.29 is 8.78 Å². The number of nitrogens with zero attached hydrogens (tertiary/aromatic N) is 1. The molecule has 0 aliphatic carbocycles. The van der Waals surface area contributed by atoms with E-state index in [1.54, 1.807) is 6.07 Å².